The maximum Gasteiger partial charge on any atom is 0.151 e. The molecular weight excluding hydrogens is 214 g/mol. The Morgan fingerprint density at radius 3 is 2.82 bits per heavy atom. The molecule has 0 atom stereocenters. The third-order valence-corrected chi connectivity index (χ3v) is 2.63. The van der Waals surface area contributed by atoms with Gasteiger partial charge in [0, 0.05) is 20.0 Å². The lowest BCUT2D eigenvalue weighted by molar-refractivity contribution is 0.426. The normalized spacial score (nSPS) is 11.4. The number of hydrogen-bond donors (Lipinski definition) is 1. The van der Waals surface area contributed by atoms with Crippen molar-refractivity contribution < 1.29 is 0 Å². The fourth-order valence-corrected chi connectivity index (χ4v) is 1.53. The number of aryl methyl sites for hydroxylation is 1. The molecule has 0 fully saturated rings. The van der Waals surface area contributed by atoms with Gasteiger partial charge in [-0.15, -0.1) is 0 Å². The molecule has 0 aromatic carbocycles. The van der Waals surface area contributed by atoms with Crippen molar-refractivity contribution in [3.63, 3.8) is 0 Å². The Balaban J connectivity index is 2.04. The van der Waals surface area contributed by atoms with Crippen LogP contribution in [0.3, 0.4) is 0 Å². The summed E-state index contributed by atoms with van der Waals surface area (Å²) in [4.78, 5) is 4.15. The van der Waals surface area contributed by atoms with Crippen LogP contribution in [0.15, 0.2) is 6.33 Å². The highest BCUT2D eigenvalue weighted by molar-refractivity contribution is 4.91. The molecule has 0 aliphatic carbocycles. The Bertz CT molecular complexity index is 374. The van der Waals surface area contributed by atoms with E-state index in [1.807, 2.05) is 20.9 Å². The molecule has 1 aromatic heterocycles. The van der Waals surface area contributed by atoms with Gasteiger partial charge in [-0.1, -0.05) is 0 Å². The minimum Gasteiger partial charge on any atom is -0.316 e. The maximum absolute atomic E-state index is 8.86. The lowest BCUT2D eigenvalue weighted by atomic mass is 9.90. The average Bonchev–Trinajstić information content (AvgIpc) is 2.69. The first-order valence-corrected chi connectivity index (χ1v) is 6.00. The first-order chi connectivity index (χ1) is 8.03. The molecule has 94 valence electrons. The zero-order chi connectivity index (χ0) is 12.7. The second-order valence-electron chi connectivity index (χ2n) is 4.93. The van der Waals surface area contributed by atoms with Crippen LogP contribution in [0, 0.1) is 16.7 Å². The summed E-state index contributed by atoms with van der Waals surface area (Å²) in [5, 5.41) is 16.4. The van der Waals surface area contributed by atoms with E-state index in [0.29, 0.717) is 0 Å². The molecule has 0 bridgehead atoms. The summed E-state index contributed by atoms with van der Waals surface area (Å²) < 4.78 is 1.71. The highest BCUT2D eigenvalue weighted by atomic mass is 15.3. The van der Waals surface area contributed by atoms with Crippen LogP contribution < -0.4 is 5.32 Å². The lowest BCUT2D eigenvalue weighted by Crippen LogP contribution is -2.20. The van der Waals surface area contributed by atoms with Gasteiger partial charge in [0.15, 0.2) is 5.82 Å². The predicted molar refractivity (Wildman–Crippen MR) is 66.2 cm³/mol. The number of nitrogens with zero attached hydrogens (tertiary/aromatic N) is 4. The number of aromatic nitrogens is 3. The summed E-state index contributed by atoms with van der Waals surface area (Å²) in [6.07, 6.45) is 4.52. The number of nitriles is 1. The molecule has 0 unspecified atom stereocenters. The molecule has 0 spiro atoms. The van der Waals surface area contributed by atoms with Crippen LogP contribution in [0.5, 0.6) is 0 Å². The second-order valence-corrected chi connectivity index (χ2v) is 4.93. The monoisotopic (exact) mass is 235 g/mol. The average molecular weight is 235 g/mol. The highest BCUT2D eigenvalue weighted by Crippen LogP contribution is 2.19. The third-order valence-electron chi connectivity index (χ3n) is 2.63. The molecular formula is C12H21N5. The second kappa shape index (κ2) is 6.36. The van der Waals surface area contributed by atoms with Crippen LogP contribution in [-0.4, -0.2) is 27.9 Å². The van der Waals surface area contributed by atoms with Crippen molar-refractivity contribution in [3.8, 4) is 6.07 Å². The van der Waals surface area contributed by atoms with Gasteiger partial charge in [0.05, 0.1) is 11.5 Å². The molecule has 5 nitrogen and oxygen atoms in total. The van der Waals surface area contributed by atoms with Gasteiger partial charge in [0.25, 0.3) is 0 Å². The van der Waals surface area contributed by atoms with Gasteiger partial charge in [-0.3, -0.25) is 4.68 Å². The first kappa shape index (κ1) is 13.7. The van der Waals surface area contributed by atoms with Crippen LogP contribution in [0.4, 0.5) is 0 Å². The summed E-state index contributed by atoms with van der Waals surface area (Å²) in [6.45, 7) is 5.78. The van der Waals surface area contributed by atoms with E-state index in [-0.39, 0.29) is 5.41 Å². The summed E-state index contributed by atoms with van der Waals surface area (Å²) in [7, 11) is 1.87. The van der Waals surface area contributed by atoms with Crippen LogP contribution in [-0.2, 0) is 13.5 Å². The Morgan fingerprint density at radius 1 is 1.47 bits per heavy atom. The molecule has 1 heterocycles. The zero-order valence-electron chi connectivity index (χ0n) is 10.9. The lowest BCUT2D eigenvalue weighted by Gasteiger charge is -2.14. The van der Waals surface area contributed by atoms with E-state index in [1.165, 1.54) is 0 Å². The van der Waals surface area contributed by atoms with E-state index in [2.05, 4.69) is 21.5 Å². The molecule has 5 heteroatoms. The van der Waals surface area contributed by atoms with Gasteiger partial charge >= 0.3 is 0 Å². The van der Waals surface area contributed by atoms with Gasteiger partial charge in [-0.05, 0) is 33.2 Å². The Morgan fingerprint density at radius 2 is 2.24 bits per heavy atom. The number of rotatable bonds is 7. The standard InChI is InChI=1S/C12H21N5/c1-12(2,9-13)6-4-7-14-8-5-11-15-10-17(3)16-11/h10,14H,4-8H2,1-3H3. The van der Waals surface area contributed by atoms with Crippen molar-refractivity contribution in [1.29, 1.82) is 5.26 Å². The van der Waals surface area contributed by atoms with Crippen molar-refractivity contribution in [2.45, 2.75) is 33.1 Å². The third kappa shape index (κ3) is 5.45. The molecule has 0 radical (unpaired) electrons. The summed E-state index contributed by atoms with van der Waals surface area (Å²) in [6, 6.07) is 2.31. The van der Waals surface area contributed by atoms with Crippen molar-refractivity contribution in [2.24, 2.45) is 12.5 Å². The molecule has 0 saturated heterocycles. The van der Waals surface area contributed by atoms with E-state index in [4.69, 9.17) is 5.26 Å². The van der Waals surface area contributed by atoms with Gasteiger partial charge in [-0.2, -0.15) is 10.4 Å². The van der Waals surface area contributed by atoms with Crippen molar-refractivity contribution in [1.82, 2.24) is 20.1 Å². The smallest absolute Gasteiger partial charge is 0.151 e. The van der Waals surface area contributed by atoms with E-state index in [9.17, 15) is 0 Å². The van der Waals surface area contributed by atoms with E-state index in [0.717, 1.165) is 38.2 Å². The number of nitrogens with one attached hydrogen (secondary N) is 1. The van der Waals surface area contributed by atoms with Crippen molar-refractivity contribution in [3.05, 3.63) is 12.2 Å². The van der Waals surface area contributed by atoms with Crippen LogP contribution in [0.2, 0.25) is 0 Å². The van der Waals surface area contributed by atoms with E-state index >= 15 is 0 Å². The molecule has 1 rings (SSSR count). The minimum atomic E-state index is -0.204. The largest absolute Gasteiger partial charge is 0.316 e. The zero-order valence-corrected chi connectivity index (χ0v) is 10.9. The molecule has 1 N–H and O–H groups in total. The van der Waals surface area contributed by atoms with Crippen LogP contribution >= 0.6 is 0 Å². The van der Waals surface area contributed by atoms with E-state index in [1.54, 1.807) is 11.0 Å². The maximum atomic E-state index is 8.86. The van der Waals surface area contributed by atoms with Gasteiger partial charge in [0.2, 0.25) is 0 Å². The molecule has 0 amide bonds. The predicted octanol–water partition coefficient (Wildman–Crippen LogP) is 1.28. The van der Waals surface area contributed by atoms with Gasteiger partial charge in [-0.25, -0.2) is 4.98 Å². The van der Waals surface area contributed by atoms with Crippen LogP contribution in [0.25, 0.3) is 0 Å². The molecule has 17 heavy (non-hydrogen) atoms. The van der Waals surface area contributed by atoms with E-state index < -0.39 is 0 Å². The SMILES string of the molecule is Cn1cnc(CCNCCCC(C)(C)C#N)n1. The first-order valence-electron chi connectivity index (χ1n) is 6.00. The Labute approximate surface area is 103 Å². The molecule has 0 aliphatic rings. The Hall–Kier alpha value is -1.41. The van der Waals surface area contributed by atoms with Crippen molar-refractivity contribution >= 4 is 0 Å². The summed E-state index contributed by atoms with van der Waals surface area (Å²) in [5.74, 6) is 0.873. The summed E-state index contributed by atoms with van der Waals surface area (Å²) >= 11 is 0. The quantitative estimate of drug-likeness (QED) is 0.723. The molecule has 0 aliphatic heterocycles. The topological polar surface area (TPSA) is 66.5 Å². The fraction of sp³-hybridized carbons (Fsp3) is 0.750. The minimum absolute atomic E-state index is 0.204. The fourth-order valence-electron chi connectivity index (χ4n) is 1.53. The van der Waals surface area contributed by atoms with Crippen molar-refractivity contribution in [2.75, 3.05) is 13.1 Å². The van der Waals surface area contributed by atoms with Gasteiger partial charge < -0.3 is 5.32 Å². The molecule has 1 aromatic rings. The number of hydrogen-bond acceptors (Lipinski definition) is 4. The van der Waals surface area contributed by atoms with Gasteiger partial charge in [0.1, 0.15) is 6.33 Å². The Kier molecular flexibility index (Phi) is 5.11. The highest BCUT2D eigenvalue weighted by Gasteiger charge is 2.15. The summed E-state index contributed by atoms with van der Waals surface area (Å²) in [5.41, 5.74) is -0.204. The molecule has 0 saturated carbocycles. The van der Waals surface area contributed by atoms with Crippen LogP contribution in [0.1, 0.15) is 32.5 Å².